The van der Waals surface area contributed by atoms with Crippen molar-refractivity contribution in [3.8, 4) is 5.69 Å². The van der Waals surface area contributed by atoms with Crippen molar-refractivity contribution in [2.75, 3.05) is 18.0 Å². The molecule has 27 heavy (non-hydrogen) atoms. The number of nitrogens with zero attached hydrogens (tertiary/aromatic N) is 3. The summed E-state index contributed by atoms with van der Waals surface area (Å²) in [7, 11) is 0. The molecule has 0 aliphatic carbocycles. The Morgan fingerprint density at radius 2 is 1.81 bits per heavy atom. The van der Waals surface area contributed by atoms with Crippen LogP contribution in [0.15, 0.2) is 41.3 Å². The number of rotatable bonds is 5. The Bertz CT molecular complexity index is 1070. The number of fused-ring (bicyclic) bond motifs is 1. The molecule has 0 unspecified atom stereocenters. The zero-order valence-electron chi connectivity index (χ0n) is 14.7. The van der Waals surface area contributed by atoms with Gasteiger partial charge in [-0.2, -0.15) is 0 Å². The molecule has 0 aliphatic heterocycles. The van der Waals surface area contributed by atoms with Crippen LogP contribution in [-0.2, 0) is 0 Å². The first kappa shape index (κ1) is 18.5. The van der Waals surface area contributed by atoms with E-state index in [4.69, 9.17) is 0 Å². The summed E-state index contributed by atoms with van der Waals surface area (Å²) in [6.07, 6.45) is 1.12. The summed E-state index contributed by atoms with van der Waals surface area (Å²) in [5.74, 6) is -2.56. The average Bonchev–Trinajstić information content (AvgIpc) is 2.64. The summed E-state index contributed by atoms with van der Waals surface area (Å²) >= 11 is 0. The summed E-state index contributed by atoms with van der Waals surface area (Å²) in [4.78, 5) is 29.9. The second-order valence-corrected chi connectivity index (χ2v) is 5.86. The van der Waals surface area contributed by atoms with Crippen molar-refractivity contribution in [2.45, 2.75) is 13.8 Å². The first-order valence-electron chi connectivity index (χ1n) is 8.37. The van der Waals surface area contributed by atoms with E-state index in [2.05, 4.69) is 4.98 Å². The largest absolute Gasteiger partial charge is 0.477 e. The summed E-state index contributed by atoms with van der Waals surface area (Å²) in [6, 6.07) is 6.26. The van der Waals surface area contributed by atoms with Crippen molar-refractivity contribution in [2.24, 2.45) is 0 Å². The third-order valence-corrected chi connectivity index (χ3v) is 4.31. The molecule has 3 aromatic rings. The number of aromatic nitrogens is 2. The predicted molar refractivity (Wildman–Crippen MR) is 97.8 cm³/mol. The zero-order valence-corrected chi connectivity index (χ0v) is 14.7. The minimum Gasteiger partial charge on any atom is -0.477 e. The Labute approximate surface area is 153 Å². The predicted octanol–water partition coefficient (Wildman–Crippen LogP) is 3.21. The lowest BCUT2D eigenvalue weighted by atomic mass is 10.1. The van der Waals surface area contributed by atoms with Crippen LogP contribution >= 0.6 is 0 Å². The number of carboxylic acids is 1. The second kappa shape index (κ2) is 7.14. The molecule has 0 aliphatic rings. The number of carbonyl (C=O) groups is 1. The van der Waals surface area contributed by atoms with Gasteiger partial charge < -0.3 is 14.6 Å². The summed E-state index contributed by atoms with van der Waals surface area (Å²) < 4.78 is 29.2. The van der Waals surface area contributed by atoms with Gasteiger partial charge in [-0.15, -0.1) is 0 Å². The van der Waals surface area contributed by atoms with Crippen molar-refractivity contribution in [3.63, 3.8) is 0 Å². The van der Waals surface area contributed by atoms with Gasteiger partial charge in [0, 0.05) is 25.0 Å². The summed E-state index contributed by atoms with van der Waals surface area (Å²) in [6.45, 7) is 4.69. The fraction of sp³-hybridized carbons (Fsp3) is 0.211. The van der Waals surface area contributed by atoms with Crippen molar-refractivity contribution >= 4 is 22.8 Å². The standard InChI is InChI=1S/C19H17F2N3O3/c1-3-23(4-2)18-15(21)9-13-16(25)14(19(26)27)10-24(17(13)22-18)12-7-5-11(20)6-8-12/h5-10H,3-4H2,1-2H3,(H,26,27). The molecule has 1 N–H and O–H groups in total. The van der Waals surface area contributed by atoms with Crippen molar-refractivity contribution in [1.29, 1.82) is 0 Å². The van der Waals surface area contributed by atoms with E-state index >= 15 is 0 Å². The zero-order chi connectivity index (χ0) is 19.7. The quantitative estimate of drug-likeness (QED) is 0.743. The van der Waals surface area contributed by atoms with Crippen LogP contribution in [-0.4, -0.2) is 33.7 Å². The maximum atomic E-state index is 14.6. The van der Waals surface area contributed by atoms with Crippen molar-refractivity contribution < 1.29 is 18.7 Å². The van der Waals surface area contributed by atoms with Crippen LogP contribution in [0.25, 0.3) is 16.7 Å². The molecule has 6 nitrogen and oxygen atoms in total. The number of benzene rings is 1. The smallest absolute Gasteiger partial charge is 0.341 e. The maximum Gasteiger partial charge on any atom is 0.341 e. The van der Waals surface area contributed by atoms with E-state index in [0.717, 1.165) is 12.3 Å². The number of halogens is 2. The van der Waals surface area contributed by atoms with Crippen molar-refractivity contribution in [1.82, 2.24) is 9.55 Å². The second-order valence-electron chi connectivity index (χ2n) is 5.86. The van der Waals surface area contributed by atoms with Gasteiger partial charge >= 0.3 is 5.97 Å². The summed E-state index contributed by atoms with van der Waals surface area (Å²) in [5.41, 5.74) is -0.856. The highest BCUT2D eigenvalue weighted by molar-refractivity contribution is 5.92. The Hall–Kier alpha value is -3.29. The third kappa shape index (κ3) is 3.25. The number of hydrogen-bond donors (Lipinski definition) is 1. The minimum absolute atomic E-state index is 0.0610. The number of anilines is 1. The van der Waals surface area contributed by atoms with Gasteiger partial charge in [0.1, 0.15) is 11.4 Å². The Morgan fingerprint density at radius 1 is 1.19 bits per heavy atom. The van der Waals surface area contributed by atoms with Crippen LogP contribution in [0.4, 0.5) is 14.6 Å². The van der Waals surface area contributed by atoms with Gasteiger partial charge in [-0.3, -0.25) is 4.79 Å². The molecule has 0 radical (unpaired) electrons. The fourth-order valence-electron chi connectivity index (χ4n) is 2.91. The molecule has 0 saturated heterocycles. The normalized spacial score (nSPS) is 11.0. The number of aromatic carboxylic acids is 1. The molecule has 0 fully saturated rings. The molecule has 0 saturated carbocycles. The fourth-order valence-corrected chi connectivity index (χ4v) is 2.91. The van der Waals surface area contributed by atoms with E-state index in [1.165, 1.54) is 28.8 Å². The molecular formula is C19H17F2N3O3. The third-order valence-electron chi connectivity index (χ3n) is 4.31. The average molecular weight is 373 g/mol. The topological polar surface area (TPSA) is 75.4 Å². The van der Waals surface area contributed by atoms with Crippen LogP contribution in [0.3, 0.4) is 0 Å². The van der Waals surface area contributed by atoms with Gasteiger partial charge in [-0.1, -0.05) is 0 Å². The molecule has 140 valence electrons. The van der Waals surface area contributed by atoms with Gasteiger partial charge in [0.15, 0.2) is 17.3 Å². The molecule has 2 aromatic heterocycles. The molecule has 0 spiro atoms. The molecular weight excluding hydrogens is 356 g/mol. The van der Waals surface area contributed by atoms with E-state index in [-0.39, 0.29) is 16.9 Å². The van der Waals surface area contributed by atoms with Crippen LogP contribution in [0.1, 0.15) is 24.2 Å². The lowest BCUT2D eigenvalue weighted by molar-refractivity contribution is 0.0695. The number of carboxylic acid groups (broad SMARTS) is 1. The molecule has 0 bridgehead atoms. The number of pyridine rings is 2. The molecule has 2 heterocycles. The lowest BCUT2D eigenvalue weighted by Gasteiger charge is -2.21. The Morgan fingerprint density at radius 3 is 2.37 bits per heavy atom. The molecule has 1 aromatic carbocycles. The van der Waals surface area contributed by atoms with Crippen molar-refractivity contribution in [3.05, 3.63) is 63.9 Å². The van der Waals surface area contributed by atoms with Gasteiger partial charge in [0.2, 0.25) is 5.43 Å². The Kier molecular flexibility index (Phi) is 4.89. The van der Waals surface area contributed by atoms with Crippen LogP contribution in [0.5, 0.6) is 0 Å². The highest BCUT2D eigenvalue weighted by Gasteiger charge is 2.20. The summed E-state index contributed by atoms with van der Waals surface area (Å²) in [5, 5.41) is 9.17. The highest BCUT2D eigenvalue weighted by atomic mass is 19.1. The highest BCUT2D eigenvalue weighted by Crippen LogP contribution is 2.23. The SMILES string of the molecule is CCN(CC)c1nc2c(cc1F)c(=O)c(C(=O)O)cn2-c1ccc(F)cc1. The molecule has 3 rings (SSSR count). The van der Waals surface area contributed by atoms with Crippen LogP contribution < -0.4 is 10.3 Å². The Balaban J connectivity index is 2.42. The minimum atomic E-state index is -1.44. The van der Waals surface area contributed by atoms with E-state index in [1.807, 2.05) is 13.8 Å². The maximum absolute atomic E-state index is 14.6. The van der Waals surface area contributed by atoms with E-state index in [9.17, 15) is 23.5 Å². The molecule has 8 heteroatoms. The lowest BCUT2D eigenvalue weighted by Crippen LogP contribution is -2.26. The van der Waals surface area contributed by atoms with E-state index < -0.39 is 28.6 Å². The van der Waals surface area contributed by atoms with Crippen LogP contribution in [0.2, 0.25) is 0 Å². The van der Waals surface area contributed by atoms with Gasteiger partial charge in [-0.25, -0.2) is 18.6 Å². The van der Waals surface area contributed by atoms with E-state index in [1.54, 1.807) is 4.90 Å². The molecule has 0 amide bonds. The van der Waals surface area contributed by atoms with Gasteiger partial charge in [0.05, 0.1) is 5.39 Å². The van der Waals surface area contributed by atoms with E-state index in [0.29, 0.717) is 18.8 Å². The van der Waals surface area contributed by atoms with Crippen LogP contribution in [0, 0.1) is 11.6 Å². The van der Waals surface area contributed by atoms with Gasteiger partial charge in [-0.05, 0) is 44.2 Å². The number of hydrogen-bond acceptors (Lipinski definition) is 4. The first-order valence-corrected chi connectivity index (χ1v) is 8.37. The molecule has 0 atom stereocenters. The van der Waals surface area contributed by atoms with Gasteiger partial charge in [0.25, 0.3) is 0 Å². The monoisotopic (exact) mass is 373 g/mol. The first-order chi connectivity index (χ1) is 12.9.